The van der Waals surface area contributed by atoms with E-state index in [-0.39, 0.29) is 24.9 Å². The van der Waals surface area contributed by atoms with Crippen LogP contribution in [0, 0.1) is 19.7 Å². The Labute approximate surface area is 248 Å². The Kier molecular flexibility index (Phi) is 10.4. The maximum Gasteiger partial charge on any atom is 0.244 e. The van der Waals surface area contributed by atoms with E-state index < -0.39 is 34.3 Å². The molecule has 1 unspecified atom stereocenters. The van der Waals surface area contributed by atoms with Gasteiger partial charge in [0.25, 0.3) is 0 Å². The van der Waals surface area contributed by atoms with Crippen LogP contribution < -0.4 is 9.62 Å². The lowest BCUT2D eigenvalue weighted by Crippen LogP contribution is -2.55. The number of carbonyl (C=O) groups excluding carboxylic acids is 2. The molecule has 7 nitrogen and oxygen atoms in total. The number of hydrogen-bond acceptors (Lipinski definition) is 4. The second-order valence-corrected chi connectivity index (χ2v) is 13.1. The van der Waals surface area contributed by atoms with Crippen molar-refractivity contribution in [2.24, 2.45) is 0 Å². The molecule has 0 aromatic heterocycles. The van der Waals surface area contributed by atoms with Crippen molar-refractivity contribution in [3.63, 3.8) is 0 Å². The second kappa shape index (κ2) is 14.0. The highest BCUT2D eigenvalue weighted by molar-refractivity contribution is 7.92. The fraction of sp³-hybridized carbons (Fsp3) is 0.394. The zero-order chi connectivity index (χ0) is 30.3. The maximum atomic E-state index is 14.2. The van der Waals surface area contributed by atoms with Gasteiger partial charge in [-0.05, 0) is 73.2 Å². The van der Waals surface area contributed by atoms with Crippen LogP contribution in [0.15, 0.2) is 72.8 Å². The van der Waals surface area contributed by atoms with Gasteiger partial charge in [-0.2, -0.15) is 0 Å². The molecule has 1 saturated carbocycles. The van der Waals surface area contributed by atoms with E-state index in [9.17, 15) is 22.4 Å². The van der Waals surface area contributed by atoms with Gasteiger partial charge in [-0.1, -0.05) is 67.8 Å². The van der Waals surface area contributed by atoms with E-state index in [1.54, 1.807) is 24.3 Å². The van der Waals surface area contributed by atoms with Crippen LogP contribution in [-0.2, 0) is 32.6 Å². The highest BCUT2D eigenvalue weighted by atomic mass is 32.2. The molecule has 1 fully saturated rings. The standard InChI is InChI=1S/C33H40FN3O4S/c1-24-14-19-30(20-25(24)2)37(42(3,40)41)23-32(38)36(22-27-15-17-28(34)18-16-27)31(21-26-10-6-4-7-11-26)33(39)35-29-12-8-5-9-13-29/h4,6-7,10-11,14-20,29,31H,5,8-9,12-13,21-23H2,1-3H3,(H,35,39). The first-order chi connectivity index (χ1) is 20.0. The van der Waals surface area contributed by atoms with Crippen LogP contribution in [0.4, 0.5) is 10.1 Å². The molecule has 0 aliphatic heterocycles. The van der Waals surface area contributed by atoms with Crippen molar-refractivity contribution in [2.75, 3.05) is 17.1 Å². The fourth-order valence-corrected chi connectivity index (χ4v) is 6.22. The van der Waals surface area contributed by atoms with Gasteiger partial charge in [-0.25, -0.2) is 12.8 Å². The van der Waals surface area contributed by atoms with E-state index in [4.69, 9.17) is 0 Å². The summed E-state index contributed by atoms with van der Waals surface area (Å²) in [6.07, 6.45) is 6.27. The molecule has 224 valence electrons. The monoisotopic (exact) mass is 593 g/mol. The summed E-state index contributed by atoms with van der Waals surface area (Å²) in [6.45, 7) is 3.34. The third-order valence-corrected chi connectivity index (χ3v) is 9.09. The molecule has 1 aliphatic rings. The predicted octanol–water partition coefficient (Wildman–Crippen LogP) is 5.30. The van der Waals surface area contributed by atoms with Gasteiger partial charge in [-0.15, -0.1) is 0 Å². The molecular weight excluding hydrogens is 553 g/mol. The minimum atomic E-state index is -3.85. The van der Waals surface area contributed by atoms with Crippen LogP contribution in [0.3, 0.4) is 0 Å². The topological polar surface area (TPSA) is 86.8 Å². The number of rotatable bonds is 11. The number of hydrogen-bond donors (Lipinski definition) is 1. The minimum absolute atomic E-state index is 0.0131. The molecule has 0 radical (unpaired) electrons. The molecule has 0 bridgehead atoms. The first-order valence-electron chi connectivity index (χ1n) is 14.4. The Morgan fingerprint density at radius 1 is 0.905 bits per heavy atom. The number of nitrogens with zero attached hydrogens (tertiary/aromatic N) is 2. The number of carbonyl (C=O) groups is 2. The average molecular weight is 594 g/mol. The zero-order valence-corrected chi connectivity index (χ0v) is 25.4. The molecule has 42 heavy (non-hydrogen) atoms. The van der Waals surface area contributed by atoms with E-state index in [0.29, 0.717) is 11.3 Å². The first-order valence-corrected chi connectivity index (χ1v) is 16.3. The van der Waals surface area contributed by atoms with Crippen LogP contribution >= 0.6 is 0 Å². The van der Waals surface area contributed by atoms with Gasteiger partial charge in [0.05, 0.1) is 11.9 Å². The lowest BCUT2D eigenvalue weighted by atomic mass is 9.94. The van der Waals surface area contributed by atoms with Gasteiger partial charge in [0.1, 0.15) is 18.4 Å². The number of anilines is 1. The summed E-state index contributed by atoms with van der Waals surface area (Å²) >= 11 is 0. The predicted molar refractivity (Wildman–Crippen MR) is 164 cm³/mol. The van der Waals surface area contributed by atoms with E-state index >= 15 is 0 Å². The average Bonchev–Trinajstić information content (AvgIpc) is 2.96. The van der Waals surface area contributed by atoms with Gasteiger partial charge in [0, 0.05) is 19.0 Å². The lowest BCUT2D eigenvalue weighted by molar-refractivity contribution is -0.140. The van der Waals surface area contributed by atoms with Crippen LogP contribution in [-0.4, -0.2) is 50.0 Å². The molecule has 1 aliphatic carbocycles. The molecule has 3 aromatic carbocycles. The summed E-state index contributed by atoms with van der Waals surface area (Å²) in [5, 5.41) is 3.17. The van der Waals surface area contributed by atoms with Crippen LogP contribution in [0.5, 0.6) is 0 Å². The van der Waals surface area contributed by atoms with Crippen molar-refractivity contribution < 1.29 is 22.4 Å². The molecule has 1 N–H and O–H groups in total. The van der Waals surface area contributed by atoms with Crippen molar-refractivity contribution in [2.45, 2.75) is 71.0 Å². The first kappa shape index (κ1) is 31.2. The third kappa shape index (κ3) is 8.41. The van der Waals surface area contributed by atoms with Gasteiger partial charge in [-0.3, -0.25) is 13.9 Å². The van der Waals surface area contributed by atoms with Gasteiger partial charge < -0.3 is 10.2 Å². The quantitative estimate of drug-likeness (QED) is 0.327. The van der Waals surface area contributed by atoms with Crippen LogP contribution in [0.1, 0.15) is 54.4 Å². The summed E-state index contributed by atoms with van der Waals surface area (Å²) < 4.78 is 40.8. The number of nitrogens with one attached hydrogen (secondary N) is 1. The summed E-state index contributed by atoms with van der Waals surface area (Å²) in [7, 11) is -3.85. The molecule has 4 rings (SSSR count). The molecule has 2 amide bonds. The van der Waals surface area contributed by atoms with E-state index in [1.165, 1.54) is 17.0 Å². The normalized spacial score (nSPS) is 14.7. The zero-order valence-electron chi connectivity index (χ0n) is 24.6. The Balaban J connectivity index is 1.72. The lowest BCUT2D eigenvalue weighted by Gasteiger charge is -2.35. The number of benzene rings is 3. The molecule has 0 heterocycles. The number of sulfonamides is 1. The second-order valence-electron chi connectivity index (χ2n) is 11.2. The molecule has 0 saturated heterocycles. The largest absolute Gasteiger partial charge is 0.352 e. The maximum absolute atomic E-state index is 14.2. The minimum Gasteiger partial charge on any atom is -0.352 e. The van der Waals surface area contributed by atoms with Crippen molar-refractivity contribution in [1.82, 2.24) is 10.2 Å². The molecule has 0 spiro atoms. The highest BCUT2D eigenvalue weighted by Crippen LogP contribution is 2.24. The van der Waals surface area contributed by atoms with Crippen LogP contribution in [0.2, 0.25) is 0 Å². The molecule has 9 heteroatoms. The van der Waals surface area contributed by atoms with Gasteiger partial charge in [0.15, 0.2) is 0 Å². The SMILES string of the molecule is Cc1ccc(N(CC(=O)N(Cc2ccc(F)cc2)C(Cc2ccccc2)C(=O)NC2CCCCC2)S(C)(=O)=O)cc1C. The Hall–Kier alpha value is -3.72. The van der Waals surface area contributed by atoms with Gasteiger partial charge >= 0.3 is 0 Å². The third-order valence-electron chi connectivity index (χ3n) is 7.95. The van der Waals surface area contributed by atoms with Crippen molar-refractivity contribution >= 4 is 27.5 Å². The Morgan fingerprint density at radius 2 is 1.57 bits per heavy atom. The van der Waals surface area contributed by atoms with Crippen molar-refractivity contribution in [3.8, 4) is 0 Å². The Bertz CT molecular complexity index is 1470. The molecular formula is C33H40FN3O4S. The van der Waals surface area contributed by atoms with E-state index in [2.05, 4.69) is 5.32 Å². The number of aryl methyl sites for hydroxylation is 2. The molecule has 1 atom stereocenters. The summed E-state index contributed by atoms with van der Waals surface area (Å²) in [6, 6.07) is 19.6. The van der Waals surface area contributed by atoms with Crippen molar-refractivity contribution in [1.29, 1.82) is 0 Å². The van der Waals surface area contributed by atoms with Crippen LogP contribution in [0.25, 0.3) is 0 Å². The molecule has 3 aromatic rings. The highest BCUT2D eigenvalue weighted by Gasteiger charge is 2.34. The summed E-state index contributed by atoms with van der Waals surface area (Å²) in [5.74, 6) is -1.22. The number of halogens is 1. The number of amides is 2. The fourth-order valence-electron chi connectivity index (χ4n) is 5.38. The summed E-state index contributed by atoms with van der Waals surface area (Å²) in [5.41, 5.74) is 3.77. The summed E-state index contributed by atoms with van der Waals surface area (Å²) in [4.78, 5) is 29.6. The Morgan fingerprint density at radius 3 is 2.19 bits per heavy atom. The van der Waals surface area contributed by atoms with Crippen molar-refractivity contribution in [3.05, 3.63) is 101 Å². The van der Waals surface area contributed by atoms with E-state index in [0.717, 1.165) is 59.4 Å². The van der Waals surface area contributed by atoms with Gasteiger partial charge in [0.2, 0.25) is 21.8 Å². The van der Waals surface area contributed by atoms with E-state index in [1.807, 2.05) is 50.2 Å². The smallest absolute Gasteiger partial charge is 0.244 e.